The summed E-state index contributed by atoms with van der Waals surface area (Å²) in [5.74, 6) is 0.160. The Morgan fingerprint density at radius 2 is 1.58 bits per heavy atom. The van der Waals surface area contributed by atoms with Crippen molar-refractivity contribution in [2.75, 3.05) is 26.2 Å². The van der Waals surface area contributed by atoms with E-state index in [9.17, 15) is 19.8 Å². The molecule has 7 nitrogen and oxygen atoms in total. The van der Waals surface area contributed by atoms with Gasteiger partial charge in [0.1, 0.15) is 23.9 Å². The second-order valence-corrected chi connectivity index (χ2v) is 9.40. The van der Waals surface area contributed by atoms with Gasteiger partial charge in [0.15, 0.2) is 5.78 Å². The molecule has 1 aromatic heterocycles. The molecular formula is C29H26N2O5. The average Bonchev–Trinajstić information content (AvgIpc) is 3.37. The lowest BCUT2D eigenvalue weighted by molar-refractivity contribution is 0.0973. The summed E-state index contributed by atoms with van der Waals surface area (Å²) in [5, 5.41) is 20.8. The van der Waals surface area contributed by atoms with Crippen molar-refractivity contribution in [3.63, 3.8) is 0 Å². The van der Waals surface area contributed by atoms with E-state index in [2.05, 4.69) is 4.90 Å². The summed E-state index contributed by atoms with van der Waals surface area (Å²) in [7, 11) is 0. The van der Waals surface area contributed by atoms with Crippen LogP contribution < -0.4 is 4.74 Å². The molecule has 1 fully saturated rings. The van der Waals surface area contributed by atoms with Crippen LogP contribution in [-0.2, 0) is 0 Å². The molecule has 3 aromatic carbocycles. The number of carbonyl (C=O) groups is 2. The monoisotopic (exact) mass is 482 g/mol. The minimum Gasteiger partial charge on any atom is -0.508 e. The molecule has 182 valence electrons. The molecular weight excluding hydrogens is 456 g/mol. The zero-order valence-electron chi connectivity index (χ0n) is 19.7. The molecule has 0 radical (unpaired) electrons. The number of hydrogen-bond donors (Lipinski definition) is 2. The van der Waals surface area contributed by atoms with Crippen molar-refractivity contribution in [1.29, 1.82) is 0 Å². The van der Waals surface area contributed by atoms with Gasteiger partial charge >= 0.3 is 0 Å². The molecule has 6 rings (SSSR count). The number of phenolic OH excluding ortho intramolecular Hbond substituents is 2. The molecule has 2 aliphatic heterocycles. The van der Waals surface area contributed by atoms with Gasteiger partial charge in [0, 0.05) is 34.7 Å². The van der Waals surface area contributed by atoms with Gasteiger partial charge in [-0.1, -0.05) is 6.42 Å². The van der Waals surface area contributed by atoms with Crippen molar-refractivity contribution in [3.8, 4) is 28.5 Å². The number of ether oxygens (including phenoxy) is 1. The summed E-state index contributed by atoms with van der Waals surface area (Å²) in [6.07, 6.45) is 3.78. The number of likely N-dealkylation sites (tertiary alicyclic amines) is 1. The predicted molar refractivity (Wildman–Crippen MR) is 136 cm³/mol. The van der Waals surface area contributed by atoms with Gasteiger partial charge in [-0.25, -0.2) is 0 Å². The number of hydrogen-bond acceptors (Lipinski definition) is 6. The van der Waals surface area contributed by atoms with Crippen LogP contribution >= 0.6 is 0 Å². The summed E-state index contributed by atoms with van der Waals surface area (Å²) >= 11 is 0. The first-order chi connectivity index (χ1) is 17.5. The Morgan fingerprint density at radius 1 is 0.861 bits per heavy atom. The largest absolute Gasteiger partial charge is 0.508 e. The third kappa shape index (κ3) is 3.72. The number of aromatic nitrogens is 1. The zero-order valence-corrected chi connectivity index (χ0v) is 19.7. The van der Waals surface area contributed by atoms with Crippen LogP contribution in [0.4, 0.5) is 0 Å². The van der Waals surface area contributed by atoms with Crippen molar-refractivity contribution in [3.05, 3.63) is 77.4 Å². The second-order valence-electron chi connectivity index (χ2n) is 9.40. The van der Waals surface area contributed by atoms with Crippen molar-refractivity contribution in [2.45, 2.75) is 19.3 Å². The molecule has 0 aliphatic carbocycles. The van der Waals surface area contributed by atoms with Crippen LogP contribution in [0.3, 0.4) is 0 Å². The van der Waals surface area contributed by atoms with E-state index in [1.807, 2.05) is 0 Å². The van der Waals surface area contributed by atoms with Crippen molar-refractivity contribution >= 4 is 22.6 Å². The fourth-order valence-electron chi connectivity index (χ4n) is 5.33. The first-order valence-corrected chi connectivity index (χ1v) is 12.3. The Labute approximate surface area is 208 Å². The second kappa shape index (κ2) is 8.84. The van der Waals surface area contributed by atoms with Gasteiger partial charge in [-0.15, -0.1) is 0 Å². The van der Waals surface area contributed by atoms with Gasteiger partial charge in [0.25, 0.3) is 5.91 Å². The highest BCUT2D eigenvalue weighted by atomic mass is 16.5. The van der Waals surface area contributed by atoms with E-state index in [-0.39, 0.29) is 23.2 Å². The van der Waals surface area contributed by atoms with Crippen molar-refractivity contribution in [2.24, 2.45) is 0 Å². The van der Waals surface area contributed by atoms with Gasteiger partial charge in [-0.05, 0) is 80.5 Å². The van der Waals surface area contributed by atoms with Crippen LogP contribution in [0.2, 0.25) is 0 Å². The normalized spacial score (nSPS) is 15.2. The van der Waals surface area contributed by atoms with E-state index in [0.717, 1.165) is 19.6 Å². The maximum atomic E-state index is 13.8. The molecule has 0 unspecified atom stereocenters. The van der Waals surface area contributed by atoms with Gasteiger partial charge in [-0.2, -0.15) is 0 Å². The number of fused-ring (bicyclic) bond motifs is 5. The van der Waals surface area contributed by atoms with Crippen LogP contribution in [0, 0.1) is 0 Å². The quantitative estimate of drug-likeness (QED) is 0.337. The number of ketones is 1. The molecule has 2 N–H and O–H groups in total. The molecule has 0 amide bonds. The number of rotatable bonds is 6. The third-order valence-corrected chi connectivity index (χ3v) is 7.11. The summed E-state index contributed by atoms with van der Waals surface area (Å²) < 4.78 is 7.36. The number of carbonyl (C=O) groups excluding carboxylic acids is 2. The third-order valence-electron chi connectivity index (χ3n) is 7.11. The Hall–Kier alpha value is -4.10. The first kappa shape index (κ1) is 22.4. The maximum absolute atomic E-state index is 13.8. The lowest BCUT2D eigenvalue weighted by Gasteiger charge is -2.26. The summed E-state index contributed by atoms with van der Waals surface area (Å²) in [5.41, 5.74) is 2.60. The highest BCUT2D eigenvalue weighted by Crippen LogP contribution is 2.43. The fraction of sp³-hybridized carbons (Fsp3) is 0.241. The standard InChI is InChI=1S/C29H26N2O5/c32-19-6-10-22-24(16-19)27-26(23-11-7-20(33)17-25(23)31(27)29(22)35)28(34)18-4-8-21(9-5-18)36-15-14-30-12-2-1-3-13-30/h4-11,16-17,32-33H,1-3,12-15H2. The Balaban J connectivity index is 1.33. The van der Waals surface area contributed by atoms with Crippen LogP contribution in [0.15, 0.2) is 60.7 Å². The SMILES string of the molecule is O=C(c1ccc(OCCN2CCCCC2)cc1)c1c2n(c3cc(O)ccc13)C(=O)c1ccc(O)cc1-2. The van der Waals surface area contributed by atoms with Crippen LogP contribution in [0.1, 0.15) is 45.5 Å². The Morgan fingerprint density at radius 3 is 2.36 bits per heavy atom. The van der Waals surface area contributed by atoms with Crippen LogP contribution in [0.5, 0.6) is 17.2 Å². The fourth-order valence-corrected chi connectivity index (χ4v) is 5.33. The van der Waals surface area contributed by atoms with Crippen molar-refractivity contribution in [1.82, 2.24) is 9.47 Å². The molecule has 0 saturated carbocycles. The number of phenols is 2. The molecule has 7 heteroatoms. The topological polar surface area (TPSA) is 92.0 Å². The summed E-state index contributed by atoms with van der Waals surface area (Å²) in [6.45, 7) is 3.72. The Kier molecular flexibility index (Phi) is 5.49. The Bertz CT molecular complexity index is 1500. The molecule has 0 bridgehead atoms. The molecule has 1 saturated heterocycles. The van der Waals surface area contributed by atoms with E-state index in [1.54, 1.807) is 36.4 Å². The van der Waals surface area contributed by atoms with E-state index in [4.69, 9.17) is 4.74 Å². The highest BCUT2D eigenvalue weighted by Gasteiger charge is 2.35. The molecule has 2 aliphatic rings. The van der Waals surface area contributed by atoms with Gasteiger partial charge < -0.3 is 14.9 Å². The van der Waals surface area contributed by atoms with Crippen LogP contribution in [0.25, 0.3) is 22.2 Å². The number of nitrogens with zero attached hydrogens (tertiary/aromatic N) is 2. The molecule has 0 atom stereocenters. The van der Waals surface area contributed by atoms with Gasteiger partial charge in [0.05, 0.1) is 16.8 Å². The molecule has 0 spiro atoms. The van der Waals surface area contributed by atoms with Crippen LogP contribution in [-0.4, -0.2) is 57.6 Å². The van der Waals surface area contributed by atoms with E-state index >= 15 is 0 Å². The first-order valence-electron chi connectivity index (χ1n) is 12.3. The maximum Gasteiger partial charge on any atom is 0.263 e. The number of piperidine rings is 1. The highest BCUT2D eigenvalue weighted by molar-refractivity contribution is 6.26. The number of benzene rings is 3. The minimum atomic E-state index is -0.299. The van der Waals surface area contributed by atoms with E-state index in [1.165, 1.54) is 48.1 Å². The molecule has 36 heavy (non-hydrogen) atoms. The number of aromatic hydroxyl groups is 2. The summed E-state index contributed by atoms with van der Waals surface area (Å²) in [4.78, 5) is 29.4. The summed E-state index contributed by atoms with van der Waals surface area (Å²) in [6, 6.07) is 16.2. The van der Waals surface area contributed by atoms with Crippen molar-refractivity contribution < 1.29 is 24.5 Å². The molecule has 4 aromatic rings. The zero-order chi connectivity index (χ0) is 24.8. The lowest BCUT2D eigenvalue weighted by atomic mass is 9.95. The molecule has 3 heterocycles. The smallest absolute Gasteiger partial charge is 0.263 e. The average molecular weight is 483 g/mol. The lowest BCUT2D eigenvalue weighted by Crippen LogP contribution is -2.33. The predicted octanol–water partition coefficient (Wildman–Crippen LogP) is 4.82. The minimum absolute atomic E-state index is 0.000503. The van der Waals surface area contributed by atoms with E-state index in [0.29, 0.717) is 51.2 Å². The van der Waals surface area contributed by atoms with Gasteiger partial charge in [0.2, 0.25) is 0 Å². The van der Waals surface area contributed by atoms with Gasteiger partial charge in [-0.3, -0.25) is 19.1 Å². The van der Waals surface area contributed by atoms with E-state index < -0.39 is 0 Å².